The second kappa shape index (κ2) is 5.61. The lowest BCUT2D eigenvalue weighted by Gasteiger charge is -2.13. The molecule has 2 rings (SSSR count). The number of pyridine rings is 1. The Kier molecular flexibility index (Phi) is 3.89. The van der Waals surface area contributed by atoms with Crippen molar-refractivity contribution in [2.24, 2.45) is 5.73 Å². The summed E-state index contributed by atoms with van der Waals surface area (Å²) in [6.07, 6.45) is 0. The predicted octanol–water partition coefficient (Wildman–Crippen LogP) is 1.81. The number of carbonyl (C=O) groups excluding carboxylic acids is 1. The van der Waals surface area contributed by atoms with Gasteiger partial charge in [-0.25, -0.2) is 4.98 Å². The monoisotopic (exact) mass is 271 g/mol. The molecule has 4 N–H and O–H groups in total. The van der Waals surface area contributed by atoms with Crippen molar-refractivity contribution >= 4 is 11.7 Å². The van der Waals surface area contributed by atoms with Gasteiger partial charge in [-0.05, 0) is 49.2 Å². The first kappa shape index (κ1) is 13.9. The van der Waals surface area contributed by atoms with Crippen LogP contribution in [0.25, 0.3) is 11.3 Å². The number of hydrogen-bond acceptors (Lipinski definition) is 4. The van der Waals surface area contributed by atoms with Crippen LogP contribution in [-0.2, 0) is 4.79 Å². The minimum absolute atomic E-state index is 0.130. The molecule has 0 radical (unpaired) electrons. The van der Waals surface area contributed by atoms with E-state index in [4.69, 9.17) is 16.2 Å². The van der Waals surface area contributed by atoms with E-state index < -0.39 is 5.91 Å². The Morgan fingerprint density at radius 1 is 1.25 bits per heavy atom. The van der Waals surface area contributed by atoms with Crippen LogP contribution in [0.2, 0.25) is 0 Å². The lowest BCUT2D eigenvalue weighted by molar-refractivity contribution is -0.119. The van der Waals surface area contributed by atoms with Crippen molar-refractivity contribution in [3.05, 3.63) is 41.5 Å². The van der Waals surface area contributed by atoms with E-state index >= 15 is 0 Å². The van der Waals surface area contributed by atoms with Gasteiger partial charge in [0.15, 0.2) is 6.61 Å². The first-order valence-electron chi connectivity index (χ1n) is 6.22. The maximum Gasteiger partial charge on any atom is 0.255 e. The van der Waals surface area contributed by atoms with Crippen LogP contribution < -0.4 is 16.2 Å². The third kappa shape index (κ3) is 3.06. The van der Waals surface area contributed by atoms with Gasteiger partial charge in [-0.1, -0.05) is 6.07 Å². The first-order chi connectivity index (χ1) is 9.47. The normalized spacial score (nSPS) is 10.3. The zero-order valence-corrected chi connectivity index (χ0v) is 11.5. The smallest absolute Gasteiger partial charge is 0.255 e. The van der Waals surface area contributed by atoms with Crippen LogP contribution in [0.3, 0.4) is 0 Å². The molecule has 1 aromatic carbocycles. The number of aryl methyl sites for hydroxylation is 2. The summed E-state index contributed by atoms with van der Waals surface area (Å²) in [5.74, 6) is 0.601. The third-order valence-corrected chi connectivity index (χ3v) is 2.91. The molecular formula is C15H17N3O2. The summed E-state index contributed by atoms with van der Waals surface area (Å²) in [4.78, 5) is 15.1. The average Bonchev–Trinajstić information content (AvgIpc) is 2.35. The van der Waals surface area contributed by atoms with Gasteiger partial charge >= 0.3 is 0 Å². The molecule has 20 heavy (non-hydrogen) atoms. The van der Waals surface area contributed by atoms with Crippen molar-refractivity contribution in [1.29, 1.82) is 0 Å². The molecule has 2 aromatic rings. The van der Waals surface area contributed by atoms with Gasteiger partial charge in [-0.3, -0.25) is 4.79 Å². The molecule has 5 nitrogen and oxygen atoms in total. The Labute approximate surface area is 117 Å². The second-order valence-corrected chi connectivity index (χ2v) is 4.63. The van der Waals surface area contributed by atoms with Crippen LogP contribution in [0, 0.1) is 13.8 Å². The van der Waals surface area contributed by atoms with Gasteiger partial charge in [0.05, 0.1) is 5.69 Å². The number of carbonyl (C=O) groups is 1. The number of hydrogen-bond donors (Lipinski definition) is 2. The van der Waals surface area contributed by atoms with Crippen molar-refractivity contribution in [2.45, 2.75) is 13.8 Å². The van der Waals surface area contributed by atoms with E-state index in [2.05, 4.69) is 4.98 Å². The molecule has 0 bridgehead atoms. The zero-order chi connectivity index (χ0) is 14.7. The lowest BCUT2D eigenvalue weighted by Crippen LogP contribution is -2.20. The summed E-state index contributed by atoms with van der Waals surface area (Å²) in [6.45, 7) is 3.80. The molecule has 104 valence electrons. The molecule has 1 heterocycles. The molecule has 0 aliphatic rings. The van der Waals surface area contributed by atoms with Crippen molar-refractivity contribution < 1.29 is 9.53 Å². The maximum absolute atomic E-state index is 10.7. The van der Waals surface area contributed by atoms with Gasteiger partial charge in [0, 0.05) is 5.56 Å². The van der Waals surface area contributed by atoms with Gasteiger partial charge in [0.1, 0.15) is 11.6 Å². The number of rotatable bonds is 4. The first-order valence-corrected chi connectivity index (χ1v) is 6.22. The van der Waals surface area contributed by atoms with E-state index in [9.17, 15) is 4.79 Å². The van der Waals surface area contributed by atoms with Crippen molar-refractivity contribution in [1.82, 2.24) is 4.98 Å². The summed E-state index contributed by atoms with van der Waals surface area (Å²) < 4.78 is 5.32. The predicted molar refractivity (Wildman–Crippen MR) is 78.2 cm³/mol. The van der Waals surface area contributed by atoms with Gasteiger partial charge in [-0.2, -0.15) is 0 Å². The topological polar surface area (TPSA) is 91.2 Å². The summed E-state index contributed by atoms with van der Waals surface area (Å²) in [7, 11) is 0. The van der Waals surface area contributed by atoms with E-state index in [0.29, 0.717) is 11.6 Å². The molecule has 5 heteroatoms. The fourth-order valence-corrected chi connectivity index (χ4v) is 2.16. The second-order valence-electron chi connectivity index (χ2n) is 4.63. The van der Waals surface area contributed by atoms with Crippen LogP contribution in [0.4, 0.5) is 5.82 Å². The zero-order valence-electron chi connectivity index (χ0n) is 11.5. The van der Waals surface area contributed by atoms with Gasteiger partial charge in [0.2, 0.25) is 0 Å². The summed E-state index contributed by atoms with van der Waals surface area (Å²) in [5, 5.41) is 0. The summed E-state index contributed by atoms with van der Waals surface area (Å²) >= 11 is 0. The van der Waals surface area contributed by atoms with Gasteiger partial charge in [-0.15, -0.1) is 0 Å². The van der Waals surface area contributed by atoms with Crippen molar-refractivity contribution in [3.8, 4) is 17.0 Å². The molecule has 1 aromatic heterocycles. The van der Waals surface area contributed by atoms with E-state index in [1.54, 1.807) is 6.07 Å². The average molecular weight is 271 g/mol. The van der Waals surface area contributed by atoms with Crippen molar-refractivity contribution in [3.63, 3.8) is 0 Å². The lowest BCUT2D eigenvalue weighted by atomic mass is 9.99. The fourth-order valence-electron chi connectivity index (χ4n) is 2.16. The molecule has 0 spiro atoms. The van der Waals surface area contributed by atoms with Crippen LogP contribution in [-0.4, -0.2) is 17.5 Å². The number of anilines is 1. The Morgan fingerprint density at radius 2 is 1.90 bits per heavy atom. The number of ether oxygens (including phenoxy) is 1. The highest BCUT2D eigenvalue weighted by Crippen LogP contribution is 2.30. The molecule has 0 saturated carbocycles. The van der Waals surface area contributed by atoms with E-state index in [-0.39, 0.29) is 6.61 Å². The van der Waals surface area contributed by atoms with E-state index in [0.717, 1.165) is 22.4 Å². The molecule has 0 fully saturated rings. The molecule has 1 amide bonds. The quantitative estimate of drug-likeness (QED) is 0.887. The van der Waals surface area contributed by atoms with Crippen LogP contribution in [0.15, 0.2) is 30.3 Å². The molecule has 0 unspecified atom stereocenters. The highest BCUT2D eigenvalue weighted by Gasteiger charge is 2.10. The number of nitrogens with zero attached hydrogens (tertiary/aromatic N) is 1. The Morgan fingerprint density at radius 3 is 2.45 bits per heavy atom. The van der Waals surface area contributed by atoms with Crippen LogP contribution >= 0.6 is 0 Å². The standard InChI is InChI=1S/C15H17N3O2/c1-9-6-11(20-8-14(17)19)7-10(2)15(9)12-4-3-5-13(16)18-12/h3-7H,8H2,1-2H3,(H2,16,18)(H2,17,19). The van der Waals surface area contributed by atoms with Crippen LogP contribution in [0.1, 0.15) is 11.1 Å². The number of nitrogens with two attached hydrogens (primary N) is 2. The SMILES string of the molecule is Cc1cc(OCC(N)=O)cc(C)c1-c1cccc(N)n1. The maximum atomic E-state index is 10.7. The minimum Gasteiger partial charge on any atom is -0.484 e. The van der Waals surface area contributed by atoms with Crippen LogP contribution in [0.5, 0.6) is 5.75 Å². The molecule has 0 saturated heterocycles. The highest BCUT2D eigenvalue weighted by atomic mass is 16.5. The Bertz CT molecular complexity index is 630. The Hall–Kier alpha value is -2.56. The summed E-state index contributed by atoms with van der Waals surface area (Å²) in [5.41, 5.74) is 14.6. The largest absolute Gasteiger partial charge is 0.484 e. The number of nitrogen functional groups attached to an aromatic ring is 1. The number of aromatic nitrogens is 1. The van der Waals surface area contributed by atoms with Gasteiger partial charge < -0.3 is 16.2 Å². The third-order valence-electron chi connectivity index (χ3n) is 2.91. The molecule has 0 atom stereocenters. The molecule has 0 aliphatic heterocycles. The van der Waals surface area contributed by atoms with Gasteiger partial charge in [0.25, 0.3) is 5.91 Å². The number of amides is 1. The number of primary amides is 1. The van der Waals surface area contributed by atoms with Crippen molar-refractivity contribution in [2.75, 3.05) is 12.3 Å². The molecular weight excluding hydrogens is 254 g/mol. The molecule has 0 aliphatic carbocycles. The van der Waals surface area contributed by atoms with E-state index in [1.807, 2.05) is 38.1 Å². The fraction of sp³-hybridized carbons (Fsp3) is 0.200. The highest BCUT2D eigenvalue weighted by molar-refractivity contribution is 5.75. The summed E-state index contributed by atoms with van der Waals surface area (Å²) in [6, 6.07) is 9.24. The Balaban J connectivity index is 2.38. The van der Waals surface area contributed by atoms with E-state index in [1.165, 1.54) is 0 Å². The minimum atomic E-state index is -0.498. The number of benzene rings is 1.